The van der Waals surface area contributed by atoms with Crippen molar-refractivity contribution in [2.45, 2.75) is 31.7 Å². The van der Waals surface area contributed by atoms with E-state index >= 15 is 0 Å². The predicted molar refractivity (Wildman–Crippen MR) is 127 cm³/mol. The first-order valence-corrected chi connectivity index (χ1v) is 11.2. The fraction of sp³-hybridized carbons (Fsp3) is 0.259. The Labute approximate surface area is 193 Å². The molecular formula is C27H28N2O4. The molecular weight excluding hydrogens is 416 g/mol. The van der Waals surface area contributed by atoms with Crippen molar-refractivity contribution in [3.63, 3.8) is 0 Å². The largest absolute Gasteiger partial charge is 0.425 e. The van der Waals surface area contributed by atoms with Crippen LogP contribution in [0.5, 0.6) is 5.75 Å². The highest BCUT2D eigenvalue weighted by Gasteiger charge is 2.31. The third kappa shape index (κ3) is 5.23. The van der Waals surface area contributed by atoms with Crippen molar-refractivity contribution >= 4 is 23.3 Å². The van der Waals surface area contributed by atoms with Gasteiger partial charge >= 0.3 is 5.97 Å². The average Bonchev–Trinajstić information content (AvgIpc) is 2.85. The Morgan fingerprint density at radius 3 is 2.18 bits per heavy atom. The number of carbonyl (C=O) groups is 2. The summed E-state index contributed by atoms with van der Waals surface area (Å²) < 4.78 is 5.30. The van der Waals surface area contributed by atoms with Gasteiger partial charge in [0.05, 0.1) is 0 Å². The zero-order valence-corrected chi connectivity index (χ0v) is 18.4. The zero-order valence-electron chi connectivity index (χ0n) is 18.4. The van der Waals surface area contributed by atoms with E-state index in [9.17, 15) is 9.59 Å². The average molecular weight is 445 g/mol. The maximum Gasteiger partial charge on any atom is 0.337 e. The van der Waals surface area contributed by atoms with Crippen LogP contribution in [0.3, 0.4) is 0 Å². The second-order valence-electron chi connectivity index (χ2n) is 8.33. The number of fused-ring (bicyclic) bond motifs is 1. The van der Waals surface area contributed by atoms with Crippen molar-refractivity contribution in [1.82, 2.24) is 0 Å². The van der Waals surface area contributed by atoms with Crippen LogP contribution in [0.2, 0.25) is 0 Å². The van der Waals surface area contributed by atoms with E-state index in [1.807, 2.05) is 77.7 Å². The summed E-state index contributed by atoms with van der Waals surface area (Å²) >= 11 is 0. The molecule has 0 radical (unpaired) electrons. The summed E-state index contributed by atoms with van der Waals surface area (Å²) in [5.74, 6) is -0.278. The number of hydrogen-bond donors (Lipinski definition) is 2. The number of benzene rings is 3. The van der Waals surface area contributed by atoms with E-state index in [2.05, 4.69) is 0 Å². The SMILES string of the molecule is NC(=O)C(CC1CCc2c(cccc2OC(=O)CO)C1)N(c1ccccc1)c1ccccc1. The molecule has 170 valence electrons. The van der Waals surface area contributed by atoms with Gasteiger partial charge in [0.25, 0.3) is 0 Å². The summed E-state index contributed by atoms with van der Waals surface area (Å²) in [5, 5.41) is 9.01. The third-order valence-corrected chi connectivity index (χ3v) is 6.16. The molecule has 4 rings (SSSR count). The van der Waals surface area contributed by atoms with Crippen LogP contribution in [0, 0.1) is 5.92 Å². The number of aliphatic hydroxyl groups is 1. The van der Waals surface area contributed by atoms with Gasteiger partial charge in [-0.3, -0.25) is 4.79 Å². The number of para-hydroxylation sites is 2. The minimum absolute atomic E-state index is 0.244. The van der Waals surface area contributed by atoms with E-state index in [1.165, 1.54) is 0 Å². The van der Waals surface area contributed by atoms with Crippen LogP contribution >= 0.6 is 0 Å². The number of rotatable bonds is 8. The molecule has 0 aromatic heterocycles. The second-order valence-corrected chi connectivity index (χ2v) is 8.33. The van der Waals surface area contributed by atoms with Crippen molar-refractivity contribution in [2.24, 2.45) is 11.7 Å². The molecule has 3 N–H and O–H groups in total. The lowest BCUT2D eigenvalue weighted by atomic mass is 9.80. The van der Waals surface area contributed by atoms with Crippen molar-refractivity contribution in [2.75, 3.05) is 11.5 Å². The Hall–Kier alpha value is -3.64. The molecule has 6 heteroatoms. The monoisotopic (exact) mass is 444 g/mol. The summed E-state index contributed by atoms with van der Waals surface area (Å²) in [7, 11) is 0. The van der Waals surface area contributed by atoms with E-state index in [0.717, 1.165) is 41.8 Å². The van der Waals surface area contributed by atoms with Crippen LogP contribution in [0.4, 0.5) is 11.4 Å². The van der Waals surface area contributed by atoms with Crippen molar-refractivity contribution in [3.8, 4) is 5.75 Å². The van der Waals surface area contributed by atoms with Gasteiger partial charge in [-0.1, -0.05) is 48.5 Å². The molecule has 0 heterocycles. The third-order valence-electron chi connectivity index (χ3n) is 6.16. The van der Waals surface area contributed by atoms with E-state index in [-0.39, 0.29) is 11.8 Å². The Morgan fingerprint density at radius 2 is 1.61 bits per heavy atom. The molecule has 1 amide bonds. The van der Waals surface area contributed by atoms with Crippen molar-refractivity contribution < 1.29 is 19.4 Å². The first kappa shape index (κ1) is 22.6. The molecule has 0 spiro atoms. The standard InChI is InChI=1S/C27H28N2O4/c28-27(32)24(29(21-9-3-1-4-10-21)22-11-5-2-6-12-22)17-19-14-15-23-20(16-19)8-7-13-25(23)33-26(31)18-30/h1-13,19,24,30H,14-18H2,(H2,28,32). The Bertz CT molecular complexity index is 1060. The van der Waals surface area contributed by atoms with Crippen LogP contribution in [0.25, 0.3) is 0 Å². The van der Waals surface area contributed by atoms with Crippen LogP contribution in [-0.4, -0.2) is 29.6 Å². The fourth-order valence-corrected chi connectivity index (χ4v) is 4.65. The van der Waals surface area contributed by atoms with Gasteiger partial charge in [0.2, 0.25) is 5.91 Å². The van der Waals surface area contributed by atoms with Gasteiger partial charge in [-0.2, -0.15) is 0 Å². The number of anilines is 2. The number of carbonyl (C=O) groups excluding carboxylic acids is 2. The van der Waals surface area contributed by atoms with E-state index in [0.29, 0.717) is 12.2 Å². The first-order chi connectivity index (χ1) is 16.1. The minimum Gasteiger partial charge on any atom is -0.425 e. The molecule has 6 nitrogen and oxygen atoms in total. The molecule has 0 aliphatic heterocycles. The Kier molecular flexibility index (Phi) is 7.05. The van der Waals surface area contributed by atoms with Gasteiger partial charge in [0, 0.05) is 11.4 Å². The molecule has 3 aromatic carbocycles. The minimum atomic E-state index is -0.666. The topological polar surface area (TPSA) is 92.9 Å². The summed E-state index contributed by atoms with van der Waals surface area (Å²) in [6, 6.07) is 24.8. The number of nitrogens with two attached hydrogens (primary N) is 1. The maximum absolute atomic E-state index is 12.7. The molecule has 0 saturated heterocycles. The number of nitrogens with zero attached hydrogens (tertiary/aromatic N) is 1. The first-order valence-electron chi connectivity index (χ1n) is 11.2. The lowest BCUT2D eigenvalue weighted by molar-refractivity contribution is -0.137. The van der Waals surface area contributed by atoms with Crippen molar-refractivity contribution in [3.05, 3.63) is 90.0 Å². The molecule has 0 bridgehead atoms. The van der Waals surface area contributed by atoms with E-state index in [1.54, 1.807) is 6.07 Å². The maximum atomic E-state index is 12.7. The molecule has 0 fully saturated rings. The molecule has 0 saturated carbocycles. The van der Waals surface area contributed by atoms with E-state index < -0.39 is 18.6 Å². The Morgan fingerprint density at radius 1 is 0.970 bits per heavy atom. The molecule has 2 atom stereocenters. The van der Waals surface area contributed by atoms with Gasteiger partial charge < -0.3 is 20.5 Å². The summed E-state index contributed by atoms with van der Waals surface area (Å²) in [5.41, 5.74) is 9.89. The quantitative estimate of drug-likeness (QED) is 0.408. The Balaban J connectivity index is 1.59. The predicted octanol–water partition coefficient (Wildman–Crippen LogP) is 3.77. The van der Waals surface area contributed by atoms with Gasteiger partial charge in [-0.15, -0.1) is 0 Å². The fourth-order valence-electron chi connectivity index (χ4n) is 4.65. The van der Waals surface area contributed by atoms with Gasteiger partial charge in [0.1, 0.15) is 18.4 Å². The summed E-state index contributed by atoms with van der Waals surface area (Å²) in [6.45, 7) is -0.651. The molecule has 33 heavy (non-hydrogen) atoms. The van der Waals surface area contributed by atoms with Crippen LogP contribution < -0.4 is 15.4 Å². The van der Waals surface area contributed by atoms with Gasteiger partial charge in [0.15, 0.2) is 0 Å². The summed E-state index contributed by atoms with van der Waals surface area (Å²) in [6.07, 6.45) is 2.96. The number of esters is 1. The lowest BCUT2D eigenvalue weighted by Gasteiger charge is -2.35. The molecule has 1 aliphatic rings. The van der Waals surface area contributed by atoms with Crippen molar-refractivity contribution in [1.29, 1.82) is 0 Å². The summed E-state index contributed by atoms with van der Waals surface area (Å²) in [4.78, 5) is 26.3. The smallest absolute Gasteiger partial charge is 0.337 e. The molecule has 3 aromatic rings. The van der Waals surface area contributed by atoms with Crippen LogP contribution in [0.15, 0.2) is 78.9 Å². The number of aliphatic hydroxyl groups excluding tert-OH is 1. The van der Waals surface area contributed by atoms with Gasteiger partial charge in [-0.25, -0.2) is 4.79 Å². The molecule has 2 unspecified atom stereocenters. The number of hydrogen-bond acceptors (Lipinski definition) is 5. The zero-order chi connectivity index (χ0) is 23.2. The highest BCUT2D eigenvalue weighted by Crippen LogP contribution is 2.36. The van der Waals surface area contributed by atoms with Gasteiger partial charge in [-0.05, 0) is 73.1 Å². The number of primary amides is 1. The number of amides is 1. The highest BCUT2D eigenvalue weighted by molar-refractivity contribution is 5.87. The lowest BCUT2D eigenvalue weighted by Crippen LogP contribution is -2.44. The normalized spacial score (nSPS) is 15.8. The molecule has 1 aliphatic carbocycles. The van der Waals surface area contributed by atoms with Crippen LogP contribution in [-0.2, 0) is 22.4 Å². The van der Waals surface area contributed by atoms with E-state index in [4.69, 9.17) is 15.6 Å². The van der Waals surface area contributed by atoms with Crippen LogP contribution in [0.1, 0.15) is 24.0 Å². The second kappa shape index (κ2) is 10.3. The highest BCUT2D eigenvalue weighted by atomic mass is 16.5. The number of ether oxygens (including phenoxy) is 1.